The third-order valence-corrected chi connectivity index (χ3v) is 6.34. The summed E-state index contributed by atoms with van der Waals surface area (Å²) in [4.78, 5) is 7.72. The number of likely N-dealkylation sites (tertiary alicyclic amines) is 1. The predicted octanol–water partition coefficient (Wildman–Crippen LogP) is 6.44. The molecule has 0 radical (unpaired) electrons. The van der Waals surface area contributed by atoms with Crippen LogP contribution in [0.15, 0.2) is 30.3 Å². The second-order valence-corrected chi connectivity index (χ2v) is 9.57. The van der Waals surface area contributed by atoms with Gasteiger partial charge in [-0.25, -0.2) is 0 Å². The lowest BCUT2D eigenvalue weighted by Crippen LogP contribution is -2.32. The van der Waals surface area contributed by atoms with Crippen molar-refractivity contribution in [2.75, 3.05) is 13.1 Å². The number of hydrogen-bond donors (Lipinski definition) is 0. The first kappa shape index (κ1) is 21.0. The summed E-state index contributed by atoms with van der Waals surface area (Å²) in [5, 5.41) is 0. The molecule has 1 aliphatic heterocycles. The van der Waals surface area contributed by atoms with E-state index in [9.17, 15) is 0 Å². The van der Waals surface area contributed by atoms with Gasteiger partial charge in [0.1, 0.15) is 0 Å². The average molecular weight is 379 g/mol. The van der Waals surface area contributed by atoms with Gasteiger partial charge in [0, 0.05) is 24.3 Å². The molecule has 1 saturated heterocycles. The Labute approximate surface area is 172 Å². The molecule has 1 fully saturated rings. The third kappa shape index (κ3) is 4.84. The van der Waals surface area contributed by atoms with E-state index in [1.54, 1.807) is 0 Å². The minimum absolute atomic E-state index is 0.396. The molecule has 0 saturated carbocycles. The molecular formula is C26H38N2. The van der Waals surface area contributed by atoms with E-state index in [1.807, 2.05) is 0 Å². The summed E-state index contributed by atoms with van der Waals surface area (Å²) < 4.78 is 0. The summed E-state index contributed by atoms with van der Waals surface area (Å²) in [7, 11) is 0. The molecule has 1 aromatic carbocycles. The number of aryl methyl sites for hydroxylation is 3. The molecule has 0 amide bonds. The molecule has 0 bridgehead atoms. The summed E-state index contributed by atoms with van der Waals surface area (Å²) in [6.45, 7) is 17.3. The zero-order chi connectivity index (χ0) is 20.3. The highest BCUT2D eigenvalue weighted by Gasteiger charge is 2.28. The van der Waals surface area contributed by atoms with Crippen LogP contribution in [0.5, 0.6) is 0 Å². The van der Waals surface area contributed by atoms with Crippen LogP contribution in [0.2, 0.25) is 0 Å². The molecule has 3 rings (SSSR count). The Morgan fingerprint density at radius 2 is 1.71 bits per heavy atom. The fraction of sp³-hybridized carbons (Fsp3) is 0.577. The number of aromatic nitrogens is 1. The first-order valence-corrected chi connectivity index (χ1v) is 11.1. The number of benzene rings is 1. The fourth-order valence-corrected chi connectivity index (χ4v) is 5.04. The Morgan fingerprint density at radius 3 is 2.32 bits per heavy atom. The third-order valence-electron chi connectivity index (χ3n) is 6.34. The van der Waals surface area contributed by atoms with Gasteiger partial charge in [0.15, 0.2) is 0 Å². The molecule has 1 aromatic heterocycles. The minimum atomic E-state index is 0.396. The summed E-state index contributed by atoms with van der Waals surface area (Å²) in [5.74, 6) is 0.819. The maximum atomic E-state index is 5.07. The van der Waals surface area contributed by atoms with Gasteiger partial charge in [-0.1, -0.05) is 58.9 Å². The van der Waals surface area contributed by atoms with Gasteiger partial charge in [-0.3, -0.25) is 9.88 Å². The van der Waals surface area contributed by atoms with Crippen molar-refractivity contribution in [3.63, 3.8) is 0 Å². The Balaban J connectivity index is 1.86. The molecule has 1 unspecified atom stereocenters. The molecule has 152 valence electrons. The lowest BCUT2D eigenvalue weighted by Gasteiger charge is -2.30. The first-order valence-electron chi connectivity index (χ1n) is 11.1. The van der Waals surface area contributed by atoms with Gasteiger partial charge in [0.05, 0.1) is 5.69 Å². The molecule has 2 aromatic rings. The van der Waals surface area contributed by atoms with E-state index in [0.717, 1.165) is 31.0 Å². The summed E-state index contributed by atoms with van der Waals surface area (Å²) in [5.41, 5.74) is 8.26. The van der Waals surface area contributed by atoms with Crippen molar-refractivity contribution in [1.29, 1.82) is 0 Å². The highest BCUT2D eigenvalue weighted by atomic mass is 15.1. The Kier molecular flexibility index (Phi) is 6.60. The van der Waals surface area contributed by atoms with Crippen molar-refractivity contribution in [3.05, 3.63) is 52.7 Å². The molecule has 0 spiro atoms. The summed E-state index contributed by atoms with van der Waals surface area (Å²) in [6, 6.07) is 11.3. The van der Waals surface area contributed by atoms with Crippen LogP contribution in [0, 0.1) is 18.3 Å². The second-order valence-electron chi connectivity index (χ2n) is 9.57. The van der Waals surface area contributed by atoms with E-state index >= 15 is 0 Å². The van der Waals surface area contributed by atoms with Gasteiger partial charge < -0.3 is 0 Å². The average Bonchev–Trinajstić information content (AvgIpc) is 2.79. The lowest BCUT2D eigenvalue weighted by atomic mass is 9.83. The molecule has 28 heavy (non-hydrogen) atoms. The number of nitrogens with zero attached hydrogens (tertiary/aromatic N) is 2. The zero-order valence-corrected chi connectivity index (χ0v) is 18.8. The number of hydrogen-bond acceptors (Lipinski definition) is 2. The van der Waals surface area contributed by atoms with Gasteiger partial charge in [-0.2, -0.15) is 0 Å². The van der Waals surface area contributed by atoms with Crippen LogP contribution in [0.4, 0.5) is 0 Å². The van der Waals surface area contributed by atoms with E-state index in [0.29, 0.717) is 5.41 Å². The summed E-state index contributed by atoms with van der Waals surface area (Å²) >= 11 is 0. The standard InChI is InChI=1S/C26H38N2/c1-7-21-10-9-11-22(8-2)25(21)24-13-12-23(20(4)27-24)17-28-15-14-19(3)16-26(5,6)18-28/h9-13,19H,7-8,14-18H2,1-6H3. The Morgan fingerprint density at radius 1 is 1.04 bits per heavy atom. The predicted molar refractivity (Wildman–Crippen MR) is 121 cm³/mol. The van der Waals surface area contributed by atoms with Crippen molar-refractivity contribution in [2.45, 2.75) is 73.8 Å². The summed E-state index contributed by atoms with van der Waals surface area (Å²) in [6.07, 6.45) is 4.73. The maximum absolute atomic E-state index is 5.07. The molecule has 2 heteroatoms. The first-order chi connectivity index (χ1) is 13.3. The molecule has 1 aliphatic rings. The van der Waals surface area contributed by atoms with Crippen molar-refractivity contribution >= 4 is 0 Å². The van der Waals surface area contributed by atoms with Crippen molar-refractivity contribution in [2.24, 2.45) is 11.3 Å². The van der Waals surface area contributed by atoms with Crippen LogP contribution < -0.4 is 0 Å². The monoisotopic (exact) mass is 378 g/mol. The lowest BCUT2D eigenvalue weighted by molar-refractivity contribution is 0.186. The zero-order valence-electron chi connectivity index (χ0n) is 18.8. The molecule has 2 heterocycles. The van der Waals surface area contributed by atoms with E-state index in [2.05, 4.69) is 76.8 Å². The second kappa shape index (κ2) is 8.78. The van der Waals surface area contributed by atoms with Crippen LogP contribution in [-0.4, -0.2) is 23.0 Å². The van der Waals surface area contributed by atoms with E-state index in [-0.39, 0.29) is 0 Å². The Hall–Kier alpha value is -1.67. The van der Waals surface area contributed by atoms with E-state index < -0.39 is 0 Å². The van der Waals surface area contributed by atoms with Crippen LogP contribution >= 0.6 is 0 Å². The van der Waals surface area contributed by atoms with Gasteiger partial charge in [-0.05, 0) is 73.2 Å². The molecule has 0 N–H and O–H groups in total. The minimum Gasteiger partial charge on any atom is -0.298 e. The van der Waals surface area contributed by atoms with Gasteiger partial charge in [-0.15, -0.1) is 0 Å². The number of rotatable bonds is 5. The largest absolute Gasteiger partial charge is 0.298 e. The van der Waals surface area contributed by atoms with E-state index in [1.165, 1.54) is 53.9 Å². The number of pyridine rings is 1. The van der Waals surface area contributed by atoms with Crippen LogP contribution in [0.25, 0.3) is 11.3 Å². The molecule has 1 atom stereocenters. The fourth-order valence-electron chi connectivity index (χ4n) is 5.04. The SMILES string of the molecule is CCc1cccc(CC)c1-c1ccc(CN2CCC(C)CC(C)(C)C2)c(C)n1. The topological polar surface area (TPSA) is 16.1 Å². The molecule has 0 aliphatic carbocycles. The normalized spacial score (nSPS) is 20.1. The smallest absolute Gasteiger partial charge is 0.0710 e. The van der Waals surface area contributed by atoms with Gasteiger partial charge >= 0.3 is 0 Å². The maximum Gasteiger partial charge on any atom is 0.0710 e. The highest BCUT2D eigenvalue weighted by molar-refractivity contribution is 5.68. The van der Waals surface area contributed by atoms with Gasteiger partial charge in [0.25, 0.3) is 0 Å². The van der Waals surface area contributed by atoms with Crippen molar-refractivity contribution in [1.82, 2.24) is 9.88 Å². The van der Waals surface area contributed by atoms with E-state index in [4.69, 9.17) is 4.98 Å². The Bertz CT molecular complexity index is 784. The molecule has 2 nitrogen and oxygen atoms in total. The van der Waals surface area contributed by atoms with Crippen molar-refractivity contribution < 1.29 is 0 Å². The highest BCUT2D eigenvalue weighted by Crippen LogP contribution is 2.33. The quantitative estimate of drug-likeness (QED) is 0.595. The molecular weight excluding hydrogens is 340 g/mol. The van der Waals surface area contributed by atoms with Crippen LogP contribution in [0.3, 0.4) is 0 Å². The van der Waals surface area contributed by atoms with Gasteiger partial charge in [0.2, 0.25) is 0 Å². The van der Waals surface area contributed by atoms with Crippen LogP contribution in [0.1, 0.15) is 69.8 Å². The van der Waals surface area contributed by atoms with Crippen molar-refractivity contribution in [3.8, 4) is 11.3 Å². The van der Waals surface area contributed by atoms with Crippen LogP contribution in [-0.2, 0) is 19.4 Å².